The summed E-state index contributed by atoms with van der Waals surface area (Å²) in [7, 11) is 0. The first kappa shape index (κ1) is 11.6. The van der Waals surface area contributed by atoms with Gasteiger partial charge in [-0.05, 0) is 23.0 Å². The Morgan fingerprint density at radius 2 is 2.06 bits per heavy atom. The quantitative estimate of drug-likeness (QED) is 0.761. The molecule has 16 heavy (non-hydrogen) atoms. The van der Waals surface area contributed by atoms with E-state index in [1.165, 1.54) is 11.1 Å². The summed E-state index contributed by atoms with van der Waals surface area (Å²) in [6.07, 6.45) is 3.36. The molecule has 1 aliphatic heterocycles. The molecule has 0 saturated heterocycles. The van der Waals surface area contributed by atoms with Crippen LogP contribution in [0.2, 0.25) is 0 Å². The molecule has 0 fully saturated rings. The average Bonchev–Trinajstić information content (AvgIpc) is 2.27. The van der Waals surface area contributed by atoms with Crippen LogP contribution in [0.4, 0.5) is 0 Å². The second kappa shape index (κ2) is 4.54. The van der Waals surface area contributed by atoms with Gasteiger partial charge in [-0.3, -0.25) is 4.98 Å². The minimum atomic E-state index is 0.358. The maximum absolute atomic E-state index is 5.80. The first-order valence-electron chi connectivity index (χ1n) is 6.17. The molecule has 0 amide bonds. The number of hydrogen-bond acceptors (Lipinski definition) is 2. The zero-order valence-electron chi connectivity index (χ0n) is 10.7. The molecule has 0 bridgehead atoms. The van der Waals surface area contributed by atoms with Crippen LogP contribution in [-0.2, 0) is 17.8 Å². The summed E-state index contributed by atoms with van der Waals surface area (Å²) in [6, 6.07) is 2.31. The molecule has 0 aliphatic carbocycles. The minimum Gasteiger partial charge on any atom is -0.371 e. The van der Waals surface area contributed by atoms with E-state index in [1.807, 2.05) is 6.20 Å². The van der Waals surface area contributed by atoms with Crippen LogP contribution in [0.1, 0.15) is 50.4 Å². The van der Waals surface area contributed by atoms with Crippen LogP contribution in [0.5, 0.6) is 0 Å². The van der Waals surface area contributed by atoms with Crippen molar-refractivity contribution in [2.24, 2.45) is 5.92 Å². The highest BCUT2D eigenvalue weighted by Crippen LogP contribution is 2.25. The van der Waals surface area contributed by atoms with Crippen molar-refractivity contribution >= 4 is 0 Å². The van der Waals surface area contributed by atoms with E-state index in [0.717, 1.165) is 12.1 Å². The van der Waals surface area contributed by atoms with E-state index in [1.54, 1.807) is 0 Å². The van der Waals surface area contributed by atoms with Gasteiger partial charge in [-0.2, -0.15) is 0 Å². The molecule has 2 rings (SSSR count). The summed E-state index contributed by atoms with van der Waals surface area (Å²) >= 11 is 0. The lowest BCUT2D eigenvalue weighted by Crippen LogP contribution is -2.28. The van der Waals surface area contributed by atoms with Gasteiger partial charge in [-0.25, -0.2) is 0 Å². The van der Waals surface area contributed by atoms with Crippen molar-refractivity contribution in [3.05, 3.63) is 29.1 Å². The van der Waals surface area contributed by atoms with Crippen molar-refractivity contribution in [2.75, 3.05) is 0 Å². The second-order valence-corrected chi connectivity index (χ2v) is 5.33. The fraction of sp³-hybridized carbons (Fsp3) is 0.643. The molecular weight excluding hydrogens is 198 g/mol. The van der Waals surface area contributed by atoms with Gasteiger partial charge in [0.05, 0.1) is 18.4 Å². The van der Waals surface area contributed by atoms with E-state index < -0.39 is 0 Å². The van der Waals surface area contributed by atoms with Gasteiger partial charge >= 0.3 is 0 Å². The zero-order valence-corrected chi connectivity index (χ0v) is 10.7. The van der Waals surface area contributed by atoms with Gasteiger partial charge in [0.1, 0.15) is 0 Å². The van der Waals surface area contributed by atoms with Crippen molar-refractivity contribution in [1.29, 1.82) is 0 Å². The van der Waals surface area contributed by atoms with E-state index in [4.69, 9.17) is 4.74 Å². The van der Waals surface area contributed by atoms with Crippen LogP contribution in [0.15, 0.2) is 12.3 Å². The monoisotopic (exact) mass is 219 g/mol. The van der Waals surface area contributed by atoms with Crippen LogP contribution in [0.25, 0.3) is 0 Å². The molecule has 2 nitrogen and oxygen atoms in total. The first-order valence-corrected chi connectivity index (χ1v) is 6.17. The number of pyridine rings is 1. The Morgan fingerprint density at radius 1 is 1.31 bits per heavy atom. The number of fused-ring (bicyclic) bond motifs is 1. The fourth-order valence-corrected chi connectivity index (χ4v) is 2.07. The molecule has 1 aliphatic rings. The van der Waals surface area contributed by atoms with Crippen LogP contribution >= 0.6 is 0 Å². The number of nitrogens with zero attached hydrogens (tertiary/aromatic N) is 1. The fourth-order valence-electron chi connectivity index (χ4n) is 2.07. The largest absolute Gasteiger partial charge is 0.371 e. The van der Waals surface area contributed by atoms with Gasteiger partial charge in [-0.1, -0.05) is 33.8 Å². The van der Waals surface area contributed by atoms with Crippen molar-refractivity contribution in [2.45, 2.75) is 52.7 Å². The van der Waals surface area contributed by atoms with Gasteiger partial charge in [0, 0.05) is 12.6 Å². The van der Waals surface area contributed by atoms with Crippen molar-refractivity contribution < 1.29 is 4.74 Å². The van der Waals surface area contributed by atoms with Crippen molar-refractivity contribution in [1.82, 2.24) is 4.98 Å². The van der Waals surface area contributed by atoms with E-state index in [-0.39, 0.29) is 0 Å². The zero-order chi connectivity index (χ0) is 11.7. The third-order valence-electron chi connectivity index (χ3n) is 3.35. The van der Waals surface area contributed by atoms with E-state index in [2.05, 4.69) is 38.7 Å². The van der Waals surface area contributed by atoms with E-state index >= 15 is 0 Å². The Labute approximate surface area is 98.0 Å². The van der Waals surface area contributed by atoms with Gasteiger partial charge < -0.3 is 4.74 Å². The predicted octanol–water partition coefficient (Wildman–Crippen LogP) is 3.30. The number of aromatic nitrogens is 1. The summed E-state index contributed by atoms with van der Waals surface area (Å²) < 4.78 is 5.80. The van der Waals surface area contributed by atoms with Crippen molar-refractivity contribution in [3.8, 4) is 0 Å². The summed E-state index contributed by atoms with van der Waals surface area (Å²) in [5, 5.41) is 0. The molecule has 2 heterocycles. The van der Waals surface area contributed by atoms with E-state index in [9.17, 15) is 0 Å². The van der Waals surface area contributed by atoms with Gasteiger partial charge in [0.2, 0.25) is 0 Å². The van der Waals surface area contributed by atoms with Crippen molar-refractivity contribution in [3.63, 3.8) is 0 Å². The highest BCUT2D eigenvalue weighted by Gasteiger charge is 2.23. The minimum absolute atomic E-state index is 0.358. The molecule has 0 saturated carbocycles. The first-order chi connectivity index (χ1) is 7.58. The van der Waals surface area contributed by atoms with Gasteiger partial charge in [-0.15, -0.1) is 0 Å². The second-order valence-electron chi connectivity index (χ2n) is 5.33. The summed E-state index contributed by atoms with van der Waals surface area (Å²) in [5.74, 6) is 1.13. The van der Waals surface area contributed by atoms with Crippen LogP contribution < -0.4 is 0 Å². The van der Waals surface area contributed by atoms with Crippen LogP contribution in [0, 0.1) is 5.92 Å². The number of rotatable bonds is 2. The summed E-state index contributed by atoms with van der Waals surface area (Å²) in [6.45, 7) is 9.53. The highest BCUT2D eigenvalue weighted by molar-refractivity contribution is 5.28. The Hall–Kier alpha value is -0.890. The topological polar surface area (TPSA) is 22.1 Å². The Kier molecular flexibility index (Phi) is 3.29. The summed E-state index contributed by atoms with van der Waals surface area (Å²) in [4.78, 5) is 4.51. The number of hydrogen-bond donors (Lipinski definition) is 0. The normalized spacial score (nSPS) is 20.2. The predicted molar refractivity (Wildman–Crippen MR) is 65.4 cm³/mol. The maximum Gasteiger partial charge on any atom is 0.0894 e. The third kappa shape index (κ3) is 2.27. The molecule has 0 spiro atoms. The highest BCUT2D eigenvalue weighted by atomic mass is 16.5. The molecule has 2 heteroatoms. The smallest absolute Gasteiger partial charge is 0.0894 e. The van der Waals surface area contributed by atoms with Crippen LogP contribution in [0.3, 0.4) is 0 Å². The lowest BCUT2D eigenvalue weighted by atomic mass is 9.93. The molecule has 0 N–H and O–H groups in total. The Bertz CT molecular complexity index is 371. The Morgan fingerprint density at radius 3 is 2.69 bits per heavy atom. The third-order valence-corrected chi connectivity index (χ3v) is 3.35. The molecule has 0 aromatic carbocycles. The van der Waals surface area contributed by atoms with E-state index in [0.29, 0.717) is 24.5 Å². The molecule has 1 atom stereocenters. The molecule has 1 aromatic rings. The SMILES string of the molecule is CC(C)c1cnc2c(c1)CC(C(C)C)OC2. The summed E-state index contributed by atoms with van der Waals surface area (Å²) in [5.41, 5.74) is 3.85. The molecular formula is C14H21NO. The van der Waals surface area contributed by atoms with Gasteiger partial charge in [0.25, 0.3) is 0 Å². The molecule has 88 valence electrons. The van der Waals surface area contributed by atoms with Gasteiger partial charge in [0.15, 0.2) is 0 Å². The average molecular weight is 219 g/mol. The lowest BCUT2D eigenvalue weighted by Gasteiger charge is -2.28. The Balaban J connectivity index is 2.25. The molecule has 0 radical (unpaired) electrons. The lowest BCUT2D eigenvalue weighted by molar-refractivity contribution is -0.00246. The molecule has 1 aromatic heterocycles. The molecule has 1 unspecified atom stereocenters. The number of ether oxygens (including phenoxy) is 1. The standard InChI is InChI=1S/C14H21NO/c1-9(2)12-5-11-6-14(10(3)4)16-8-13(11)15-7-12/h5,7,9-10,14H,6,8H2,1-4H3. The maximum atomic E-state index is 5.80. The van der Waals surface area contributed by atoms with Crippen LogP contribution in [-0.4, -0.2) is 11.1 Å².